The van der Waals surface area contributed by atoms with Gasteiger partial charge < -0.3 is 14.8 Å². The molecule has 1 saturated carbocycles. The van der Waals surface area contributed by atoms with Gasteiger partial charge in [0.1, 0.15) is 5.75 Å². The number of hydrogen-bond donors (Lipinski definition) is 1. The van der Waals surface area contributed by atoms with Crippen LogP contribution in [0, 0.1) is 0 Å². The van der Waals surface area contributed by atoms with Crippen LogP contribution in [-0.4, -0.2) is 24.5 Å². The highest BCUT2D eigenvalue weighted by Gasteiger charge is 2.30. The molecule has 1 N–H and O–H groups in total. The van der Waals surface area contributed by atoms with Crippen molar-refractivity contribution in [1.29, 1.82) is 0 Å². The van der Waals surface area contributed by atoms with E-state index in [2.05, 4.69) is 5.32 Å². The molecule has 3 rings (SSSR count). The third-order valence-corrected chi connectivity index (χ3v) is 3.61. The standard InChI is InChI=1S/C19H19NO4/c21-17(13-23-16-9-5-2-6-10-16)24-18(14-7-3-1-4-8-14)19(22)20-15-11-12-15/h1-10,15,18H,11-13H2,(H,20,22)/t18-/m1/s1. The van der Waals surface area contributed by atoms with Gasteiger partial charge in [-0.05, 0) is 25.0 Å². The number of carbonyl (C=O) groups is 2. The molecule has 5 nitrogen and oxygen atoms in total. The van der Waals surface area contributed by atoms with Crippen molar-refractivity contribution in [2.75, 3.05) is 6.61 Å². The van der Waals surface area contributed by atoms with Crippen molar-refractivity contribution in [3.8, 4) is 5.75 Å². The van der Waals surface area contributed by atoms with Gasteiger partial charge in [0.2, 0.25) is 6.10 Å². The largest absolute Gasteiger partial charge is 0.482 e. The smallest absolute Gasteiger partial charge is 0.345 e. The lowest BCUT2D eigenvalue weighted by molar-refractivity contribution is -0.158. The van der Waals surface area contributed by atoms with Gasteiger partial charge in [-0.1, -0.05) is 48.5 Å². The Hall–Kier alpha value is -2.82. The lowest BCUT2D eigenvalue weighted by Gasteiger charge is -2.18. The van der Waals surface area contributed by atoms with Crippen LogP contribution in [0.4, 0.5) is 0 Å². The molecule has 0 heterocycles. The summed E-state index contributed by atoms with van der Waals surface area (Å²) in [5.41, 5.74) is 0.642. The summed E-state index contributed by atoms with van der Waals surface area (Å²) in [5, 5.41) is 2.87. The minimum Gasteiger partial charge on any atom is -0.482 e. The molecule has 24 heavy (non-hydrogen) atoms. The number of carbonyl (C=O) groups excluding carboxylic acids is 2. The summed E-state index contributed by atoms with van der Waals surface area (Å²) in [5.74, 6) is -0.302. The fourth-order valence-corrected chi connectivity index (χ4v) is 2.23. The van der Waals surface area contributed by atoms with Gasteiger partial charge in [-0.25, -0.2) is 4.79 Å². The van der Waals surface area contributed by atoms with Crippen LogP contribution in [0.2, 0.25) is 0 Å². The Morgan fingerprint density at radius 3 is 2.25 bits per heavy atom. The van der Waals surface area contributed by atoms with Crippen molar-refractivity contribution < 1.29 is 19.1 Å². The Kier molecular flexibility index (Phi) is 5.11. The fourth-order valence-electron chi connectivity index (χ4n) is 2.23. The van der Waals surface area contributed by atoms with Crippen molar-refractivity contribution in [2.24, 2.45) is 0 Å². The van der Waals surface area contributed by atoms with E-state index in [-0.39, 0.29) is 18.6 Å². The summed E-state index contributed by atoms with van der Waals surface area (Å²) in [7, 11) is 0. The van der Waals surface area contributed by atoms with Crippen LogP contribution in [0.25, 0.3) is 0 Å². The van der Waals surface area contributed by atoms with Crippen molar-refractivity contribution in [3.63, 3.8) is 0 Å². The molecule has 0 bridgehead atoms. The highest BCUT2D eigenvalue weighted by Crippen LogP contribution is 2.23. The zero-order valence-electron chi connectivity index (χ0n) is 13.2. The Morgan fingerprint density at radius 2 is 1.62 bits per heavy atom. The van der Waals surface area contributed by atoms with E-state index in [9.17, 15) is 9.59 Å². The van der Waals surface area contributed by atoms with Crippen LogP contribution in [0.5, 0.6) is 5.75 Å². The predicted octanol–water partition coefficient (Wildman–Crippen LogP) is 2.63. The van der Waals surface area contributed by atoms with Crippen LogP contribution in [0.3, 0.4) is 0 Å². The maximum atomic E-state index is 12.4. The molecule has 5 heteroatoms. The zero-order valence-corrected chi connectivity index (χ0v) is 13.2. The summed E-state index contributed by atoms with van der Waals surface area (Å²) in [6, 6.07) is 18.2. The highest BCUT2D eigenvalue weighted by atomic mass is 16.6. The molecule has 1 atom stereocenters. The second kappa shape index (κ2) is 7.64. The van der Waals surface area contributed by atoms with Gasteiger partial charge in [0.15, 0.2) is 6.61 Å². The summed E-state index contributed by atoms with van der Waals surface area (Å²) in [6.45, 7) is -0.246. The first-order chi connectivity index (χ1) is 11.7. The van der Waals surface area contributed by atoms with Gasteiger partial charge in [0, 0.05) is 11.6 Å². The van der Waals surface area contributed by atoms with E-state index >= 15 is 0 Å². The number of amides is 1. The van der Waals surface area contributed by atoms with E-state index in [4.69, 9.17) is 9.47 Å². The molecule has 0 unspecified atom stereocenters. The molecule has 1 fully saturated rings. The molecule has 2 aromatic rings. The molecular formula is C19H19NO4. The topological polar surface area (TPSA) is 64.6 Å². The van der Waals surface area contributed by atoms with E-state index in [1.165, 1.54) is 0 Å². The minimum absolute atomic E-state index is 0.197. The lowest BCUT2D eigenvalue weighted by Crippen LogP contribution is -2.34. The second-order valence-corrected chi connectivity index (χ2v) is 5.67. The highest BCUT2D eigenvalue weighted by molar-refractivity contribution is 5.85. The zero-order chi connectivity index (χ0) is 16.8. The van der Waals surface area contributed by atoms with E-state index in [1.54, 1.807) is 36.4 Å². The van der Waals surface area contributed by atoms with E-state index < -0.39 is 12.1 Å². The fraction of sp³-hybridized carbons (Fsp3) is 0.263. The van der Waals surface area contributed by atoms with Gasteiger partial charge in [-0.15, -0.1) is 0 Å². The SMILES string of the molecule is O=C(COc1ccccc1)O[C@@H](C(=O)NC1CC1)c1ccccc1. The number of nitrogens with one attached hydrogen (secondary N) is 1. The van der Waals surface area contributed by atoms with Gasteiger partial charge in [-0.3, -0.25) is 4.79 Å². The van der Waals surface area contributed by atoms with E-state index in [1.807, 2.05) is 24.3 Å². The van der Waals surface area contributed by atoms with Gasteiger partial charge in [0.25, 0.3) is 5.91 Å². The van der Waals surface area contributed by atoms with Crippen LogP contribution < -0.4 is 10.1 Å². The number of hydrogen-bond acceptors (Lipinski definition) is 4. The lowest BCUT2D eigenvalue weighted by atomic mass is 10.1. The molecule has 1 amide bonds. The van der Waals surface area contributed by atoms with E-state index in [0.29, 0.717) is 11.3 Å². The molecule has 0 radical (unpaired) electrons. The average Bonchev–Trinajstić information content (AvgIpc) is 3.43. The number of esters is 1. The monoisotopic (exact) mass is 325 g/mol. The van der Waals surface area contributed by atoms with Crippen LogP contribution in [0.15, 0.2) is 60.7 Å². The summed E-state index contributed by atoms with van der Waals surface area (Å²) >= 11 is 0. The molecule has 1 aliphatic rings. The number of benzene rings is 2. The molecular weight excluding hydrogens is 306 g/mol. The third kappa shape index (κ3) is 4.59. The molecule has 2 aromatic carbocycles. The Labute approximate surface area is 140 Å². The van der Waals surface area contributed by atoms with Crippen LogP contribution in [-0.2, 0) is 14.3 Å². The second-order valence-electron chi connectivity index (χ2n) is 5.67. The normalized spacial score (nSPS) is 14.5. The Balaban J connectivity index is 1.62. The predicted molar refractivity (Wildman–Crippen MR) is 88.4 cm³/mol. The quantitative estimate of drug-likeness (QED) is 0.795. The van der Waals surface area contributed by atoms with E-state index in [0.717, 1.165) is 12.8 Å². The summed E-state index contributed by atoms with van der Waals surface area (Å²) in [4.78, 5) is 24.5. The van der Waals surface area contributed by atoms with Gasteiger partial charge >= 0.3 is 5.97 Å². The maximum absolute atomic E-state index is 12.4. The number of para-hydroxylation sites is 1. The first-order valence-corrected chi connectivity index (χ1v) is 7.95. The van der Waals surface area contributed by atoms with Crippen molar-refractivity contribution in [2.45, 2.75) is 25.0 Å². The Morgan fingerprint density at radius 1 is 1.00 bits per heavy atom. The molecule has 1 aliphatic carbocycles. The molecule has 0 spiro atoms. The van der Waals surface area contributed by atoms with Crippen LogP contribution >= 0.6 is 0 Å². The Bertz CT molecular complexity index is 683. The van der Waals surface area contributed by atoms with Crippen molar-refractivity contribution in [1.82, 2.24) is 5.32 Å². The molecule has 0 saturated heterocycles. The number of ether oxygens (including phenoxy) is 2. The maximum Gasteiger partial charge on any atom is 0.345 e. The molecule has 0 aromatic heterocycles. The average molecular weight is 325 g/mol. The first-order valence-electron chi connectivity index (χ1n) is 7.95. The van der Waals surface area contributed by atoms with Gasteiger partial charge in [0.05, 0.1) is 0 Å². The molecule has 124 valence electrons. The van der Waals surface area contributed by atoms with Gasteiger partial charge in [-0.2, -0.15) is 0 Å². The third-order valence-electron chi connectivity index (χ3n) is 3.61. The van der Waals surface area contributed by atoms with Crippen molar-refractivity contribution >= 4 is 11.9 Å². The summed E-state index contributed by atoms with van der Waals surface area (Å²) < 4.78 is 10.7. The number of rotatable bonds is 7. The van der Waals surface area contributed by atoms with Crippen molar-refractivity contribution in [3.05, 3.63) is 66.2 Å². The summed E-state index contributed by atoms with van der Waals surface area (Å²) in [6.07, 6.45) is 0.982. The molecule has 0 aliphatic heterocycles. The van der Waals surface area contributed by atoms with Crippen LogP contribution in [0.1, 0.15) is 24.5 Å². The first kappa shape index (κ1) is 16.1. The minimum atomic E-state index is -0.960.